The molecule has 106 valence electrons. The molecule has 0 amide bonds. The van der Waals surface area contributed by atoms with E-state index in [1.807, 2.05) is 0 Å². The Morgan fingerprint density at radius 3 is 2.45 bits per heavy atom. The number of aromatic nitrogens is 2. The molecule has 20 heavy (non-hydrogen) atoms. The van der Waals surface area contributed by atoms with Crippen LogP contribution in [0, 0.1) is 0 Å². The van der Waals surface area contributed by atoms with Gasteiger partial charge in [0.1, 0.15) is 5.02 Å². The van der Waals surface area contributed by atoms with Crippen LogP contribution in [0.3, 0.4) is 0 Å². The van der Waals surface area contributed by atoms with Gasteiger partial charge in [0.2, 0.25) is 11.8 Å². The van der Waals surface area contributed by atoms with Crippen LogP contribution in [0.1, 0.15) is 0 Å². The van der Waals surface area contributed by atoms with Gasteiger partial charge < -0.3 is 15.2 Å². The summed E-state index contributed by atoms with van der Waals surface area (Å²) in [6, 6.07) is 5.21. The minimum Gasteiger partial charge on any atom is -0.433 e. The van der Waals surface area contributed by atoms with E-state index in [0.29, 0.717) is 0 Å². The normalized spacial score (nSPS) is 11.2. The average molecular weight is 306 g/mol. The summed E-state index contributed by atoms with van der Waals surface area (Å²) in [7, 11) is 0. The molecule has 0 atom stereocenters. The summed E-state index contributed by atoms with van der Waals surface area (Å²) in [5.41, 5.74) is 5.35. The third-order valence-electron chi connectivity index (χ3n) is 2.01. The Labute approximate surface area is 116 Å². The molecule has 1 heterocycles. The predicted octanol–water partition coefficient (Wildman–Crippen LogP) is 3.40. The van der Waals surface area contributed by atoms with E-state index in [4.69, 9.17) is 22.1 Å². The van der Waals surface area contributed by atoms with Gasteiger partial charge in [-0.3, -0.25) is 0 Å². The first-order valence-electron chi connectivity index (χ1n) is 5.16. The maximum Gasteiger partial charge on any atom is 0.573 e. The number of benzene rings is 1. The van der Waals surface area contributed by atoms with E-state index in [1.165, 1.54) is 24.4 Å². The van der Waals surface area contributed by atoms with Crippen LogP contribution < -0.4 is 15.2 Å². The van der Waals surface area contributed by atoms with Crippen LogP contribution in [0.5, 0.6) is 17.4 Å². The van der Waals surface area contributed by atoms with Gasteiger partial charge in [-0.2, -0.15) is 4.98 Å². The first-order chi connectivity index (χ1) is 9.35. The van der Waals surface area contributed by atoms with Gasteiger partial charge in [-0.25, -0.2) is 4.98 Å². The average Bonchev–Trinajstić information content (AvgIpc) is 2.34. The van der Waals surface area contributed by atoms with Crippen LogP contribution in [-0.4, -0.2) is 16.3 Å². The predicted molar refractivity (Wildman–Crippen MR) is 64.7 cm³/mol. The van der Waals surface area contributed by atoms with E-state index in [1.54, 1.807) is 0 Å². The molecule has 0 spiro atoms. The van der Waals surface area contributed by atoms with Crippen molar-refractivity contribution in [3.05, 3.63) is 35.5 Å². The van der Waals surface area contributed by atoms with Gasteiger partial charge in [0, 0.05) is 0 Å². The molecule has 0 unspecified atom stereocenters. The highest BCUT2D eigenvalue weighted by Gasteiger charge is 2.32. The molecule has 1 aromatic heterocycles. The van der Waals surface area contributed by atoms with E-state index in [2.05, 4.69) is 14.7 Å². The highest BCUT2D eigenvalue weighted by molar-refractivity contribution is 6.31. The lowest BCUT2D eigenvalue weighted by Crippen LogP contribution is -2.17. The first-order valence-corrected chi connectivity index (χ1v) is 5.53. The Balaban J connectivity index is 2.32. The van der Waals surface area contributed by atoms with Crippen LogP contribution in [0.25, 0.3) is 0 Å². The summed E-state index contributed by atoms with van der Waals surface area (Å²) in [6.45, 7) is 0. The van der Waals surface area contributed by atoms with Crippen molar-refractivity contribution in [3.63, 3.8) is 0 Å². The van der Waals surface area contributed by atoms with Crippen molar-refractivity contribution in [2.24, 2.45) is 0 Å². The standard InChI is InChI=1S/C11H7ClF3N3O2/c12-6-5-17-10(16)18-9(6)19-7-3-1-2-4-8(7)20-11(13,14)15/h1-5H,(H2,16,17,18). The monoisotopic (exact) mass is 305 g/mol. The minimum absolute atomic E-state index is 0.000937. The Kier molecular flexibility index (Phi) is 3.84. The molecular formula is C11H7ClF3N3O2. The number of halogens is 4. The van der Waals surface area contributed by atoms with Crippen LogP contribution in [-0.2, 0) is 0 Å². The van der Waals surface area contributed by atoms with Gasteiger partial charge in [0.05, 0.1) is 6.20 Å². The fraction of sp³-hybridized carbons (Fsp3) is 0.0909. The van der Waals surface area contributed by atoms with Crippen molar-refractivity contribution in [1.29, 1.82) is 0 Å². The maximum absolute atomic E-state index is 12.3. The zero-order chi connectivity index (χ0) is 14.8. The van der Waals surface area contributed by atoms with Crippen molar-refractivity contribution >= 4 is 17.5 Å². The third-order valence-corrected chi connectivity index (χ3v) is 2.27. The van der Waals surface area contributed by atoms with Crippen LogP contribution in [0.15, 0.2) is 30.5 Å². The second kappa shape index (κ2) is 5.41. The van der Waals surface area contributed by atoms with Gasteiger partial charge >= 0.3 is 6.36 Å². The minimum atomic E-state index is -4.84. The van der Waals surface area contributed by atoms with Crippen LogP contribution in [0.4, 0.5) is 19.1 Å². The summed E-state index contributed by atoms with van der Waals surface area (Å²) in [4.78, 5) is 7.29. The zero-order valence-electron chi connectivity index (χ0n) is 9.69. The second-order valence-corrected chi connectivity index (χ2v) is 3.89. The van der Waals surface area contributed by atoms with Crippen LogP contribution >= 0.6 is 11.6 Å². The summed E-state index contributed by atoms with van der Waals surface area (Å²) >= 11 is 5.76. The molecular weight excluding hydrogens is 299 g/mol. The highest BCUT2D eigenvalue weighted by Crippen LogP contribution is 2.36. The zero-order valence-corrected chi connectivity index (χ0v) is 10.4. The smallest absolute Gasteiger partial charge is 0.433 e. The number of hydrogen-bond donors (Lipinski definition) is 1. The van der Waals surface area contributed by atoms with Crippen LogP contribution in [0.2, 0.25) is 5.02 Å². The topological polar surface area (TPSA) is 70.3 Å². The quantitative estimate of drug-likeness (QED) is 0.941. The molecule has 5 nitrogen and oxygen atoms in total. The Morgan fingerprint density at radius 1 is 1.15 bits per heavy atom. The molecule has 0 radical (unpaired) electrons. The van der Waals surface area contributed by atoms with Gasteiger partial charge in [0.25, 0.3) is 0 Å². The number of anilines is 1. The fourth-order valence-electron chi connectivity index (χ4n) is 1.28. The van der Waals surface area contributed by atoms with Gasteiger partial charge in [-0.15, -0.1) is 13.2 Å². The van der Waals surface area contributed by atoms with Gasteiger partial charge in [0.15, 0.2) is 11.5 Å². The molecule has 0 bridgehead atoms. The number of alkyl halides is 3. The van der Waals surface area contributed by atoms with E-state index >= 15 is 0 Å². The Hall–Kier alpha value is -2.22. The van der Waals surface area contributed by atoms with Gasteiger partial charge in [-0.05, 0) is 12.1 Å². The maximum atomic E-state index is 12.3. The summed E-state index contributed by atoms with van der Waals surface area (Å²) in [5, 5.41) is 0.000937. The molecule has 0 aliphatic rings. The lowest BCUT2D eigenvalue weighted by molar-refractivity contribution is -0.275. The van der Waals surface area contributed by atoms with Crippen molar-refractivity contribution in [1.82, 2.24) is 9.97 Å². The largest absolute Gasteiger partial charge is 0.573 e. The van der Waals surface area contributed by atoms with Crippen molar-refractivity contribution in [2.45, 2.75) is 6.36 Å². The number of nitrogen functional groups attached to an aromatic ring is 1. The number of rotatable bonds is 3. The summed E-state index contributed by atoms with van der Waals surface area (Å²) in [5.74, 6) is -1.02. The molecule has 2 N–H and O–H groups in total. The molecule has 2 rings (SSSR count). The first kappa shape index (κ1) is 14.2. The van der Waals surface area contributed by atoms with Crippen molar-refractivity contribution < 1.29 is 22.6 Å². The lowest BCUT2D eigenvalue weighted by atomic mass is 10.3. The molecule has 1 aromatic carbocycles. The van der Waals surface area contributed by atoms with Gasteiger partial charge in [-0.1, -0.05) is 23.7 Å². The lowest BCUT2D eigenvalue weighted by Gasteiger charge is -2.13. The fourth-order valence-corrected chi connectivity index (χ4v) is 1.41. The van der Waals surface area contributed by atoms with E-state index in [0.717, 1.165) is 6.07 Å². The third kappa shape index (κ3) is 3.64. The van der Waals surface area contributed by atoms with Crippen molar-refractivity contribution in [2.75, 3.05) is 5.73 Å². The van der Waals surface area contributed by atoms with E-state index in [9.17, 15) is 13.2 Å². The number of hydrogen-bond acceptors (Lipinski definition) is 5. The van der Waals surface area contributed by atoms with E-state index < -0.39 is 12.1 Å². The van der Waals surface area contributed by atoms with Crippen molar-refractivity contribution in [3.8, 4) is 17.4 Å². The highest BCUT2D eigenvalue weighted by atomic mass is 35.5. The summed E-state index contributed by atoms with van der Waals surface area (Å²) in [6.07, 6.45) is -3.67. The molecule has 0 aliphatic carbocycles. The SMILES string of the molecule is Nc1ncc(Cl)c(Oc2ccccc2OC(F)(F)F)n1. The van der Waals surface area contributed by atoms with E-state index in [-0.39, 0.29) is 22.6 Å². The number of nitrogens with two attached hydrogens (primary N) is 1. The molecule has 0 fully saturated rings. The number of nitrogens with zero attached hydrogens (tertiary/aromatic N) is 2. The molecule has 0 saturated heterocycles. The number of para-hydroxylation sites is 2. The molecule has 0 saturated carbocycles. The Morgan fingerprint density at radius 2 is 1.80 bits per heavy atom. The number of ether oxygens (including phenoxy) is 2. The molecule has 2 aromatic rings. The molecule has 9 heteroatoms. The summed E-state index contributed by atoms with van der Waals surface area (Å²) < 4.78 is 45.8. The molecule has 0 aliphatic heterocycles. The second-order valence-electron chi connectivity index (χ2n) is 3.48. The Bertz CT molecular complexity index is 622.